The maximum absolute atomic E-state index is 12.5. The minimum Gasteiger partial charge on any atom is -0.334 e. The molecule has 3 nitrogen and oxygen atoms in total. The van der Waals surface area contributed by atoms with Crippen LogP contribution in [0, 0.1) is 17.2 Å². The van der Waals surface area contributed by atoms with Crippen LogP contribution in [-0.2, 0) is 6.42 Å². The molecule has 1 aromatic carbocycles. The van der Waals surface area contributed by atoms with Crippen LogP contribution in [0.1, 0.15) is 55.5 Å². The number of hydrogen-bond acceptors (Lipinski definition) is 2. The highest BCUT2D eigenvalue weighted by molar-refractivity contribution is 5.96. The molecule has 1 N–H and O–H groups in total. The van der Waals surface area contributed by atoms with Gasteiger partial charge in [-0.25, -0.2) is 0 Å². The Kier molecular flexibility index (Phi) is 4.44. The van der Waals surface area contributed by atoms with Crippen molar-refractivity contribution in [2.45, 2.75) is 51.5 Å². The molecule has 0 saturated heterocycles. The largest absolute Gasteiger partial charge is 0.334 e. The quantitative estimate of drug-likeness (QED) is 0.914. The molecule has 20 heavy (non-hydrogen) atoms. The van der Waals surface area contributed by atoms with Gasteiger partial charge in [0.05, 0.1) is 6.07 Å². The van der Waals surface area contributed by atoms with Crippen molar-refractivity contribution < 1.29 is 4.79 Å². The van der Waals surface area contributed by atoms with E-state index in [-0.39, 0.29) is 5.91 Å². The van der Waals surface area contributed by atoms with Crippen LogP contribution in [0.5, 0.6) is 0 Å². The molecule has 1 aliphatic rings. The van der Waals surface area contributed by atoms with Crippen molar-refractivity contribution in [1.82, 2.24) is 5.32 Å². The number of aryl methyl sites for hydroxylation is 1. The minimum absolute atomic E-state index is 0.112. The predicted molar refractivity (Wildman–Crippen MR) is 79.3 cm³/mol. The Balaban J connectivity index is 2.16. The highest BCUT2D eigenvalue weighted by Crippen LogP contribution is 2.31. The summed E-state index contributed by atoms with van der Waals surface area (Å²) in [6.07, 6.45) is 4.34. The molecule has 1 fully saturated rings. The second-order valence-electron chi connectivity index (χ2n) is 5.84. The molecular weight excluding hydrogens is 248 g/mol. The maximum atomic E-state index is 12.5. The summed E-state index contributed by atoms with van der Waals surface area (Å²) in [6, 6.07) is 9.96. The first-order valence-electron chi connectivity index (χ1n) is 7.42. The highest BCUT2D eigenvalue weighted by Gasteiger charge is 2.36. The molecule has 0 spiro atoms. The zero-order chi connectivity index (χ0) is 14.6. The van der Waals surface area contributed by atoms with E-state index in [4.69, 9.17) is 0 Å². The van der Waals surface area contributed by atoms with Crippen molar-refractivity contribution in [1.29, 1.82) is 5.26 Å². The van der Waals surface area contributed by atoms with Gasteiger partial charge in [0.1, 0.15) is 5.54 Å². The summed E-state index contributed by atoms with van der Waals surface area (Å²) in [7, 11) is 0. The van der Waals surface area contributed by atoms with Gasteiger partial charge in [0.15, 0.2) is 0 Å². The van der Waals surface area contributed by atoms with Gasteiger partial charge in [-0.3, -0.25) is 4.79 Å². The van der Waals surface area contributed by atoms with Crippen molar-refractivity contribution in [2.24, 2.45) is 5.92 Å². The fraction of sp³-hybridized carbons (Fsp3) is 0.529. The van der Waals surface area contributed by atoms with Crippen LogP contribution in [0.2, 0.25) is 0 Å². The lowest BCUT2D eigenvalue weighted by atomic mass is 9.78. The second kappa shape index (κ2) is 6.09. The van der Waals surface area contributed by atoms with E-state index >= 15 is 0 Å². The molecule has 0 unspecified atom stereocenters. The summed E-state index contributed by atoms with van der Waals surface area (Å²) in [6.45, 7) is 4.24. The molecule has 106 valence electrons. The third-order valence-corrected chi connectivity index (χ3v) is 4.34. The Labute approximate surface area is 121 Å². The van der Waals surface area contributed by atoms with Crippen LogP contribution in [0.3, 0.4) is 0 Å². The van der Waals surface area contributed by atoms with Crippen LogP contribution in [-0.4, -0.2) is 11.4 Å². The predicted octanol–water partition coefficient (Wildman–Crippen LogP) is 3.45. The van der Waals surface area contributed by atoms with Gasteiger partial charge in [-0.1, -0.05) is 32.0 Å². The molecule has 1 saturated carbocycles. The van der Waals surface area contributed by atoms with Gasteiger partial charge in [0, 0.05) is 5.56 Å². The van der Waals surface area contributed by atoms with E-state index in [9.17, 15) is 10.1 Å². The lowest BCUT2D eigenvalue weighted by molar-refractivity contribution is 0.0893. The van der Waals surface area contributed by atoms with Crippen molar-refractivity contribution in [3.8, 4) is 6.07 Å². The Morgan fingerprint density at radius 3 is 2.65 bits per heavy atom. The number of carbonyl (C=O) groups excluding carboxylic acids is 1. The number of rotatable bonds is 3. The normalized spacial score (nSPS) is 25.8. The van der Waals surface area contributed by atoms with Gasteiger partial charge < -0.3 is 5.32 Å². The topological polar surface area (TPSA) is 52.9 Å². The molecule has 0 bridgehead atoms. The summed E-state index contributed by atoms with van der Waals surface area (Å²) in [5, 5.41) is 12.5. The zero-order valence-corrected chi connectivity index (χ0v) is 12.3. The summed E-state index contributed by atoms with van der Waals surface area (Å²) in [5.41, 5.74) is 1.05. The lowest BCUT2D eigenvalue weighted by Crippen LogP contribution is -2.49. The number of benzene rings is 1. The van der Waals surface area contributed by atoms with Crippen LogP contribution in [0.15, 0.2) is 24.3 Å². The van der Waals surface area contributed by atoms with Gasteiger partial charge in [-0.2, -0.15) is 5.26 Å². The Morgan fingerprint density at radius 1 is 1.40 bits per heavy atom. The number of nitriles is 1. The van der Waals surface area contributed by atoms with Crippen molar-refractivity contribution in [3.63, 3.8) is 0 Å². The first-order chi connectivity index (χ1) is 9.60. The fourth-order valence-electron chi connectivity index (χ4n) is 2.85. The Bertz CT molecular complexity index is 522. The van der Waals surface area contributed by atoms with Gasteiger partial charge in [0.25, 0.3) is 5.91 Å². The smallest absolute Gasteiger partial charge is 0.252 e. The van der Waals surface area contributed by atoms with Gasteiger partial charge in [-0.15, -0.1) is 0 Å². The molecule has 0 aliphatic heterocycles. The number of carbonyl (C=O) groups is 1. The monoisotopic (exact) mass is 270 g/mol. The van der Waals surface area contributed by atoms with Crippen LogP contribution >= 0.6 is 0 Å². The number of amides is 1. The van der Waals surface area contributed by atoms with Gasteiger partial charge >= 0.3 is 0 Å². The summed E-state index contributed by atoms with van der Waals surface area (Å²) < 4.78 is 0. The molecular formula is C17H22N2O. The van der Waals surface area contributed by atoms with E-state index in [0.29, 0.717) is 11.5 Å². The van der Waals surface area contributed by atoms with Crippen molar-refractivity contribution in [3.05, 3.63) is 35.4 Å². The molecule has 0 heterocycles. The van der Waals surface area contributed by atoms with E-state index in [1.54, 1.807) is 0 Å². The molecule has 0 aromatic heterocycles. The van der Waals surface area contributed by atoms with E-state index in [1.165, 1.54) is 0 Å². The third-order valence-electron chi connectivity index (χ3n) is 4.34. The molecule has 3 heteroatoms. The average Bonchev–Trinajstić information content (AvgIpc) is 2.49. The second-order valence-corrected chi connectivity index (χ2v) is 5.84. The average molecular weight is 270 g/mol. The Hall–Kier alpha value is -1.82. The standard InChI is InChI=1S/C17H22N2O/c1-3-14-6-4-5-7-15(14)16(20)19-17(12-18)10-8-13(2)9-11-17/h4-7,13H,3,8-11H2,1-2H3,(H,19,20). The lowest BCUT2D eigenvalue weighted by Gasteiger charge is -2.34. The molecule has 0 radical (unpaired) electrons. The van der Waals surface area contributed by atoms with E-state index < -0.39 is 5.54 Å². The van der Waals surface area contributed by atoms with E-state index in [0.717, 1.165) is 37.7 Å². The summed E-state index contributed by atoms with van der Waals surface area (Å²) in [4.78, 5) is 12.5. The maximum Gasteiger partial charge on any atom is 0.252 e. The molecule has 1 aromatic rings. The number of hydrogen-bond donors (Lipinski definition) is 1. The zero-order valence-electron chi connectivity index (χ0n) is 12.3. The Morgan fingerprint density at radius 2 is 2.05 bits per heavy atom. The molecule has 0 atom stereocenters. The van der Waals surface area contributed by atoms with Gasteiger partial charge in [-0.05, 0) is 49.7 Å². The molecule has 2 rings (SSSR count). The summed E-state index contributed by atoms with van der Waals surface area (Å²) >= 11 is 0. The van der Waals surface area contributed by atoms with E-state index in [1.807, 2.05) is 31.2 Å². The molecule has 1 amide bonds. The first-order valence-corrected chi connectivity index (χ1v) is 7.42. The number of nitrogens with zero attached hydrogens (tertiary/aromatic N) is 1. The third kappa shape index (κ3) is 3.01. The highest BCUT2D eigenvalue weighted by atomic mass is 16.1. The minimum atomic E-state index is -0.676. The van der Waals surface area contributed by atoms with Crippen LogP contribution < -0.4 is 5.32 Å². The number of nitrogens with one attached hydrogen (secondary N) is 1. The van der Waals surface area contributed by atoms with Crippen LogP contribution in [0.25, 0.3) is 0 Å². The van der Waals surface area contributed by atoms with Crippen molar-refractivity contribution in [2.75, 3.05) is 0 Å². The molecule has 1 aliphatic carbocycles. The van der Waals surface area contributed by atoms with Crippen molar-refractivity contribution >= 4 is 5.91 Å². The van der Waals surface area contributed by atoms with E-state index in [2.05, 4.69) is 18.3 Å². The first kappa shape index (κ1) is 14.6. The van der Waals surface area contributed by atoms with Gasteiger partial charge in [0.2, 0.25) is 0 Å². The SMILES string of the molecule is CCc1ccccc1C(=O)NC1(C#N)CCC(C)CC1. The summed E-state index contributed by atoms with van der Waals surface area (Å²) in [5.74, 6) is 0.537. The fourth-order valence-corrected chi connectivity index (χ4v) is 2.85. The van der Waals surface area contributed by atoms with Crippen LogP contribution in [0.4, 0.5) is 0 Å².